The summed E-state index contributed by atoms with van der Waals surface area (Å²) >= 11 is 0. The van der Waals surface area contributed by atoms with Crippen LogP contribution in [0.2, 0.25) is 0 Å². The Morgan fingerprint density at radius 2 is 1.90 bits per heavy atom. The Hall–Kier alpha value is -3.50. The van der Waals surface area contributed by atoms with E-state index < -0.39 is 0 Å². The first-order chi connectivity index (χ1) is 19.5. The molecule has 1 saturated heterocycles. The van der Waals surface area contributed by atoms with E-state index in [0.717, 1.165) is 67.4 Å². The van der Waals surface area contributed by atoms with Crippen molar-refractivity contribution in [1.82, 2.24) is 30.0 Å². The molecule has 1 N–H and O–H groups in total. The van der Waals surface area contributed by atoms with Crippen molar-refractivity contribution < 1.29 is 9.53 Å². The molecular formula is C30H42N8O2. The highest BCUT2D eigenvalue weighted by Gasteiger charge is 2.30. The minimum atomic E-state index is -0.0745. The quantitative estimate of drug-likeness (QED) is 0.306. The molecule has 0 radical (unpaired) electrons. The lowest BCUT2D eigenvalue weighted by Crippen LogP contribution is -2.49. The van der Waals surface area contributed by atoms with E-state index in [4.69, 9.17) is 14.7 Å². The number of fused-ring (bicyclic) bond motifs is 2. The van der Waals surface area contributed by atoms with E-state index >= 15 is 0 Å². The van der Waals surface area contributed by atoms with Crippen LogP contribution in [0.1, 0.15) is 43.4 Å². The Balaban J connectivity index is 1.50. The predicted octanol–water partition coefficient (Wildman–Crippen LogP) is 3.31. The molecule has 2 aromatic heterocycles. The maximum Gasteiger partial charge on any atom is 0.246 e. The Morgan fingerprint density at radius 3 is 2.60 bits per heavy atom. The van der Waals surface area contributed by atoms with Crippen LogP contribution in [0.25, 0.3) is 10.9 Å². The van der Waals surface area contributed by atoms with Gasteiger partial charge in [0.15, 0.2) is 0 Å². The molecule has 0 saturated carbocycles. The lowest BCUT2D eigenvalue weighted by molar-refractivity contribution is -0.126. The molecule has 1 unspecified atom stereocenters. The van der Waals surface area contributed by atoms with Gasteiger partial charge >= 0.3 is 0 Å². The van der Waals surface area contributed by atoms with Crippen molar-refractivity contribution in [3.63, 3.8) is 0 Å². The number of aryl methyl sites for hydroxylation is 1. The zero-order valence-corrected chi connectivity index (χ0v) is 24.3. The van der Waals surface area contributed by atoms with Crippen molar-refractivity contribution in [3.05, 3.63) is 53.6 Å². The summed E-state index contributed by atoms with van der Waals surface area (Å²) in [6.45, 7) is 19.0. The third kappa shape index (κ3) is 5.55. The molecular weight excluding hydrogens is 504 g/mol. The van der Waals surface area contributed by atoms with Crippen LogP contribution in [0.15, 0.2) is 31.0 Å². The topological polar surface area (TPSA) is 93.7 Å². The highest BCUT2D eigenvalue weighted by Crippen LogP contribution is 2.35. The molecule has 4 heterocycles. The van der Waals surface area contributed by atoms with Crippen molar-refractivity contribution in [2.75, 3.05) is 62.2 Å². The molecule has 214 valence electrons. The number of rotatable bonds is 10. The number of likely N-dealkylation sites (N-methyl/N-ethyl adjacent to an activating group) is 1. The second-order valence-corrected chi connectivity index (χ2v) is 10.5. The first-order valence-electron chi connectivity index (χ1n) is 14.6. The summed E-state index contributed by atoms with van der Waals surface area (Å²) in [7, 11) is 0. The lowest BCUT2D eigenvalue weighted by Gasteiger charge is -2.38. The van der Waals surface area contributed by atoms with Crippen LogP contribution in [0.5, 0.6) is 0 Å². The fourth-order valence-corrected chi connectivity index (χ4v) is 6.08. The third-order valence-electron chi connectivity index (χ3n) is 8.20. The van der Waals surface area contributed by atoms with Gasteiger partial charge in [-0.3, -0.25) is 14.8 Å². The monoisotopic (exact) mass is 546 g/mol. The van der Waals surface area contributed by atoms with E-state index in [9.17, 15) is 4.79 Å². The number of H-pyrrole nitrogens is 1. The van der Waals surface area contributed by atoms with E-state index in [1.165, 1.54) is 22.9 Å². The fraction of sp³-hybridized carbons (Fsp3) is 0.533. The van der Waals surface area contributed by atoms with Crippen molar-refractivity contribution in [1.29, 1.82) is 0 Å². The Bertz CT molecular complexity index is 1340. The van der Waals surface area contributed by atoms with Crippen molar-refractivity contribution >= 4 is 28.3 Å². The Morgan fingerprint density at radius 1 is 1.12 bits per heavy atom. The van der Waals surface area contributed by atoms with Gasteiger partial charge in [-0.2, -0.15) is 5.10 Å². The number of benzene rings is 1. The summed E-state index contributed by atoms with van der Waals surface area (Å²) in [6.07, 6.45) is 4.73. The highest BCUT2D eigenvalue weighted by atomic mass is 16.5. The number of hydrogen-bond donors (Lipinski definition) is 1. The summed E-state index contributed by atoms with van der Waals surface area (Å²) < 4.78 is 6.18. The summed E-state index contributed by atoms with van der Waals surface area (Å²) in [5, 5.41) is 8.56. The van der Waals surface area contributed by atoms with Crippen molar-refractivity contribution in [2.24, 2.45) is 0 Å². The molecule has 5 rings (SSSR count). The van der Waals surface area contributed by atoms with Gasteiger partial charge in [-0.15, -0.1) is 0 Å². The SMILES string of the molecule is C=CC(=O)N1CCN(c2nc(CC(OCC)N(CC)CC)nc3c2CCN(c2c(C)ccc4[nH]ncc24)C3)CC1. The molecule has 1 amide bonds. The van der Waals surface area contributed by atoms with Crippen molar-refractivity contribution in [3.8, 4) is 0 Å². The molecule has 0 spiro atoms. The molecule has 1 fully saturated rings. The van der Waals surface area contributed by atoms with Gasteiger partial charge in [-0.05, 0) is 51.1 Å². The molecule has 0 bridgehead atoms. The largest absolute Gasteiger partial charge is 0.364 e. The Kier molecular flexibility index (Phi) is 8.66. The molecule has 40 heavy (non-hydrogen) atoms. The summed E-state index contributed by atoms with van der Waals surface area (Å²) in [5.74, 6) is 1.81. The number of hydrogen-bond acceptors (Lipinski definition) is 8. The van der Waals surface area contributed by atoms with Crippen LogP contribution >= 0.6 is 0 Å². The van der Waals surface area contributed by atoms with Crippen LogP contribution in [0.3, 0.4) is 0 Å². The average molecular weight is 547 g/mol. The first-order valence-corrected chi connectivity index (χ1v) is 14.6. The molecule has 0 aliphatic carbocycles. The number of ether oxygens (including phenoxy) is 1. The normalized spacial score (nSPS) is 16.5. The van der Waals surface area contributed by atoms with Gasteiger partial charge in [0.05, 0.1) is 29.6 Å². The number of aromatic amines is 1. The number of amides is 1. The summed E-state index contributed by atoms with van der Waals surface area (Å²) in [4.78, 5) is 31.5. The van der Waals surface area contributed by atoms with E-state index in [2.05, 4.69) is 64.4 Å². The number of carbonyl (C=O) groups is 1. The third-order valence-corrected chi connectivity index (χ3v) is 8.20. The number of piperazine rings is 1. The number of anilines is 2. The minimum absolute atomic E-state index is 0.0109. The highest BCUT2D eigenvalue weighted by molar-refractivity contribution is 5.93. The number of nitrogens with zero attached hydrogens (tertiary/aromatic N) is 7. The van der Waals surface area contributed by atoms with E-state index in [-0.39, 0.29) is 12.1 Å². The fourth-order valence-electron chi connectivity index (χ4n) is 6.08. The molecule has 1 aromatic carbocycles. The number of aromatic nitrogens is 4. The van der Waals surface area contributed by atoms with Crippen LogP contribution in [0, 0.1) is 6.92 Å². The van der Waals surface area contributed by atoms with Crippen LogP contribution in [-0.2, 0) is 28.9 Å². The van der Waals surface area contributed by atoms with Gasteiger partial charge in [0, 0.05) is 56.7 Å². The summed E-state index contributed by atoms with van der Waals surface area (Å²) in [6, 6.07) is 4.25. The van der Waals surface area contributed by atoms with Gasteiger partial charge in [-0.1, -0.05) is 26.5 Å². The zero-order valence-electron chi connectivity index (χ0n) is 24.3. The predicted molar refractivity (Wildman–Crippen MR) is 159 cm³/mol. The second-order valence-electron chi connectivity index (χ2n) is 10.5. The average Bonchev–Trinajstić information content (AvgIpc) is 3.45. The summed E-state index contributed by atoms with van der Waals surface area (Å²) in [5.41, 5.74) is 5.78. The molecule has 10 nitrogen and oxygen atoms in total. The Labute approximate surface area is 237 Å². The smallest absolute Gasteiger partial charge is 0.246 e. The van der Waals surface area contributed by atoms with Gasteiger partial charge < -0.3 is 19.4 Å². The molecule has 2 aliphatic heterocycles. The first kappa shape index (κ1) is 28.0. The van der Waals surface area contributed by atoms with Crippen LogP contribution < -0.4 is 9.80 Å². The zero-order chi connectivity index (χ0) is 28.2. The molecule has 2 aliphatic rings. The van der Waals surface area contributed by atoms with E-state index in [1.807, 2.05) is 18.0 Å². The van der Waals surface area contributed by atoms with E-state index in [1.54, 1.807) is 0 Å². The van der Waals surface area contributed by atoms with Crippen molar-refractivity contribution in [2.45, 2.75) is 53.3 Å². The van der Waals surface area contributed by atoms with Gasteiger partial charge in [-0.25, -0.2) is 9.97 Å². The number of carbonyl (C=O) groups excluding carboxylic acids is 1. The van der Waals surface area contributed by atoms with Crippen LogP contribution in [0.4, 0.5) is 11.5 Å². The second kappa shape index (κ2) is 12.3. The van der Waals surface area contributed by atoms with Gasteiger partial charge in [0.1, 0.15) is 17.9 Å². The molecule has 10 heteroatoms. The number of nitrogens with one attached hydrogen (secondary N) is 1. The molecule has 1 atom stereocenters. The standard InChI is InChI=1S/C30H42N8O2/c1-6-27(39)36-14-16-37(17-15-36)30-22-12-13-38(29-21(5)10-11-24-23(29)19-31-34-24)20-25(22)32-26(33-30)18-28(40-9-4)35(7-2)8-3/h6,10-11,19,28H,1,7-9,12-18,20H2,2-5H3,(H,31,34). The van der Waals surface area contributed by atoms with Gasteiger partial charge in [0.25, 0.3) is 0 Å². The van der Waals surface area contributed by atoms with E-state index in [0.29, 0.717) is 32.7 Å². The maximum absolute atomic E-state index is 12.2. The lowest BCUT2D eigenvalue weighted by atomic mass is 10.0. The molecule has 3 aromatic rings. The van der Waals surface area contributed by atoms with Gasteiger partial charge in [0.2, 0.25) is 5.91 Å². The minimum Gasteiger partial charge on any atom is -0.364 e. The van der Waals surface area contributed by atoms with Crippen LogP contribution in [-0.4, -0.2) is 94.5 Å². The maximum atomic E-state index is 12.2.